The summed E-state index contributed by atoms with van der Waals surface area (Å²) < 4.78 is 0. The third-order valence-corrected chi connectivity index (χ3v) is 4.61. The second-order valence-corrected chi connectivity index (χ2v) is 6.57. The molecule has 0 saturated heterocycles. The van der Waals surface area contributed by atoms with Crippen LogP contribution >= 0.6 is 0 Å². The van der Waals surface area contributed by atoms with Gasteiger partial charge in [0.05, 0.1) is 0 Å². The zero-order valence-corrected chi connectivity index (χ0v) is 15.6. The maximum absolute atomic E-state index is 4.00. The standard InChI is InChI=1S/C13H26.C6H12.C2H2/c1-4-6-7-8-13-11(3)9-10-12(13)5-2;1-4-5-6(2)3;1-2/h11-13H,4-10H2,1-3H3;5H,4H2,1-3H3;1-2H. The number of hydrogen-bond donors (Lipinski definition) is 0. The molecule has 124 valence electrons. The minimum absolute atomic E-state index is 1.02. The molecule has 21 heavy (non-hydrogen) atoms. The van der Waals surface area contributed by atoms with Gasteiger partial charge in [0.1, 0.15) is 0 Å². The molecule has 3 atom stereocenters. The average molecular weight is 293 g/mol. The molecule has 3 unspecified atom stereocenters. The molecule has 1 aliphatic rings. The van der Waals surface area contributed by atoms with E-state index >= 15 is 0 Å². The smallest absolute Gasteiger partial charge is 0.0360 e. The first kappa shape index (κ1) is 22.6. The molecule has 0 spiro atoms. The van der Waals surface area contributed by atoms with Gasteiger partial charge in [0.25, 0.3) is 0 Å². The monoisotopic (exact) mass is 292 g/mol. The molecule has 0 aliphatic heterocycles. The van der Waals surface area contributed by atoms with Crippen molar-refractivity contribution in [1.82, 2.24) is 0 Å². The van der Waals surface area contributed by atoms with Crippen LogP contribution in [0.2, 0.25) is 0 Å². The molecular weight excluding hydrogens is 252 g/mol. The Bertz CT molecular complexity index is 254. The fourth-order valence-electron chi connectivity index (χ4n) is 3.44. The second-order valence-electron chi connectivity index (χ2n) is 6.57. The minimum atomic E-state index is 1.02. The highest BCUT2D eigenvalue weighted by Gasteiger charge is 2.30. The Kier molecular flexibility index (Phi) is 16.9. The zero-order chi connectivity index (χ0) is 16.7. The Balaban J connectivity index is 0. The molecule has 0 aromatic rings. The highest BCUT2D eigenvalue weighted by molar-refractivity contribution is 4.91. The topological polar surface area (TPSA) is 0 Å². The summed E-state index contributed by atoms with van der Waals surface area (Å²) in [6.45, 7) is 13.5. The van der Waals surface area contributed by atoms with Gasteiger partial charge in [-0.3, -0.25) is 0 Å². The molecule has 0 N–H and O–H groups in total. The van der Waals surface area contributed by atoms with Gasteiger partial charge in [0.2, 0.25) is 0 Å². The van der Waals surface area contributed by atoms with Crippen molar-refractivity contribution in [1.29, 1.82) is 0 Å². The van der Waals surface area contributed by atoms with Crippen LogP contribution in [-0.2, 0) is 0 Å². The lowest BCUT2D eigenvalue weighted by atomic mass is 9.84. The van der Waals surface area contributed by atoms with Crippen molar-refractivity contribution >= 4 is 0 Å². The van der Waals surface area contributed by atoms with Gasteiger partial charge in [0, 0.05) is 0 Å². The largest absolute Gasteiger partial charge is 0.124 e. The van der Waals surface area contributed by atoms with Crippen LogP contribution in [0.3, 0.4) is 0 Å². The minimum Gasteiger partial charge on any atom is -0.124 e. The molecule has 1 fully saturated rings. The predicted octanol–water partition coefficient (Wildman–Crippen LogP) is 7.25. The number of allylic oxidation sites excluding steroid dienone is 2. The molecule has 0 aromatic carbocycles. The van der Waals surface area contributed by atoms with Crippen LogP contribution in [0.25, 0.3) is 0 Å². The Morgan fingerprint density at radius 3 is 2.05 bits per heavy atom. The maximum atomic E-state index is 4.00. The summed E-state index contributed by atoms with van der Waals surface area (Å²) in [5.41, 5.74) is 1.41. The molecular formula is C21H40. The molecule has 0 nitrogen and oxygen atoms in total. The molecule has 0 radical (unpaired) electrons. The van der Waals surface area contributed by atoms with Gasteiger partial charge in [0.15, 0.2) is 0 Å². The highest BCUT2D eigenvalue weighted by Crippen LogP contribution is 2.41. The number of hydrogen-bond acceptors (Lipinski definition) is 0. The van der Waals surface area contributed by atoms with Crippen LogP contribution in [0.1, 0.15) is 92.9 Å². The highest BCUT2D eigenvalue weighted by atomic mass is 14.4. The van der Waals surface area contributed by atoms with Crippen molar-refractivity contribution in [3.8, 4) is 12.8 Å². The van der Waals surface area contributed by atoms with Crippen molar-refractivity contribution in [2.45, 2.75) is 92.9 Å². The van der Waals surface area contributed by atoms with Crippen LogP contribution in [0, 0.1) is 30.6 Å². The van der Waals surface area contributed by atoms with Crippen molar-refractivity contribution < 1.29 is 0 Å². The van der Waals surface area contributed by atoms with Crippen molar-refractivity contribution in [3.05, 3.63) is 11.6 Å². The lowest BCUT2D eigenvalue weighted by molar-refractivity contribution is 0.290. The van der Waals surface area contributed by atoms with Crippen LogP contribution < -0.4 is 0 Å². The van der Waals surface area contributed by atoms with E-state index in [1.807, 2.05) is 0 Å². The number of unbranched alkanes of at least 4 members (excludes halogenated alkanes) is 2. The summed E-state index contributed by atoms with van der Waals surface area (Å²) in [6, 6.07) is 0. The van der Waals surface area contributed by atoms with Gasteiger partial charge < -0.3 is 0 Å². The first-order valence-electron chi connectivity index (χ1n) is 9.03. The van der Waals surface area contributed by atoms with E-state index in [2.05, 4.69) is 60.5 Å². The first-order chi connectivity index (χ1) is 10.1. The summed E-state index contributed by atoms with van der Waals surface area (Å²) in [7, 11) is 0. The van der Waals surface area contributed by atoms with E-state index in [4.69, 9.17) is 0 Å². The van der Waals surface area contributed by atoms with Crippen molar-refractivity contribution in [2.24, 2.45) is 17.8 Å². The summed E-state index contributed by atoms with van der Waals surface area (Å²) in [5.74, 6) is 3.14. The Hall–Kier alpha value is -0.700. The van der Waals surface area contributed by atoms with E-state index in [1.165, 1.54) is 56.9 Å². The first-order valence-corrected chi connectivity index (χ1v) is 9.03. The SMILES string of the molecule is C#C.CCC=C(C)C.CCCCCC1C(C)CCC1CC. The summed E-state index contributed by atoms with van der Waals surface area (Å²) in [5, 5.41) is 0. The predicted molar refractivity (Wildman–Crippen MR) is 99.4 cm³/mol. The van der Waals surface area contributed by atoms with Gasteiger partial charge >= 0.3 is 0 Å². The molecule has 1 saturated carbocycles. The molecule has 0 amide bonds. The molecule has 1 rings (SSSR count). The zero-order valence-electron chi connectivity index (χ0n) is 15.6. The number of terminal acetylenes is 1. The normalized spacial score (nSPS) is 23.3. The summed E-state index contributed by atoms with van der Waals surface area (Å²) in [6.07, 6.45) is 21.6. The van der Waals surface area contributed by atoms with E-state index in [1.54, 1.807) is 0 Å². The van der Waals surface area contributed by atoms with E-state index in [9.17, 15) is 0 Å². The number of rotatable bonds is 6. The molecule has 0 aromatic heterocycles. The van der Waals surface area contributed by atoms with Crippen LogP contribution in [0.15, 0.2) is 11.6 Å². The van der Waals surface area contributed by atoms with Gasteiger partial charge in [-0.05, 0) is 50.9 Å². The van der Waals surface area contributed by atoms with Gasteiger partial charge in [-0.2, -0.15) is 0 Å². The lowest BCUT2D eigenvalue weighted by Crippen LogP contribution is -2.12. The Morgan fingerprint density at radius 2 is 1.67 bits per heavy atom. The van der Waals surface area contributed by atoms with Gasteiger partial charge in [-0.1, -0.05) is 71.4 Å². The van der Waals surface area contributed by atoms with Gasteiger partial charge in [-0.15, -0.1) is 12.8 Å². The summed E-state index contributed by atoms with van der Waals surface area (Å²) >= 11 is 0. The van der Waals surface area contributed by atoms with E-state index in [0.717, 1.165) is 17.8 Å². The fraction of sp³-hybridized carbons (Fsp3) is 0.810. The van der Waals surface area contributed by atoms with Crippen LogP contribution in [-0.4, -0.2) is 0 Å². The molecule has 1 aliphatic carbocycles. The Labute approximate surface area is 135 Å². The van der Waals surface area contributed by atoms with Crippen LogP contribution in [0.5, 0.6) is 0 Å². The van der Waals surface area contributed by atoms with E-state index in [0.29, 0.717) is 0 Å². The van der Waals surface area contributed by atoms with Crippen molar-refractivity contribution in [2.75, 3.05) is 0 Å². The van der Waals surface area contributed by atoms with E-state index in [-0.39, 0.29) is 0 Å². The fourth-order valence-corrected chi connectivity index (χ4v) is 3.44. The third kappa shape index (κ3) is 11.6. The average Bonchev–Trinajstić information content (AvgIpc) is 2.83. The molecule has 0 heterocycles. The maximum Gasteiger partial charge on any atom is -0.0360 e. The lowest BCUT2D eigenvalue weighted by Gasteiger charge is -2.21. The quantitative estimate of drug-likeness (QED) is 0.275. The van der Waals surface area contributed by atoms with Gasteiger partial charge in [-0.25, -0.2) is 0 Å². The Morgan fingerprint density at radius 1 is 1.05 bits per heavy atom. The second kappa shape index (κ2) is 15.7. The van der Waals surface area contributed by atoms with Crippen molar-refractivity contribution in [3.63, 3.8) is 0 Å². The van der Waals surface area contributed by atoms with E-state index < -0.39 is 0 Å². The van der Waals surface area contributed by atoms with Crippen LogP contribution in [0.4, 0.5) is 0 Å². The molecule has 0 heteroatoms. The summed E-state index contributed by atoms with van der Waals surface area (Å²) in [4.78, 5) is 0. The third-order valence-electron chi connectivity index (χ3n) is 4.61. The molecule has 0 bridgehead atoms.